The van der Waals surface area contributed by atoms with Crippen molar-refractivity contribution in [2.75, 3.05) is 7.11 Å². The summed E-state index contributed by atoms with van der Waals surface area (Å²) in [6.07, 6.45) is 2.78. The molecule has 0 aliphatic rings. The fourth-order valence-electron chi connectivity index (χ4n) is 1.29. The van der Waals surface area contributed by atoms with Gasteiger partial charge < -0.3 is 4.74 Å². The van der Waals surface area contributed by atoms with E-state index in [-0.39, 0.29) is 11.6 Å². The first-order valence-corrected chi connectivity index (χ1v) is 6.33. The molecular weight excluding hydrogens is 264 g/mol. The van der Waals surface area contributed by atoms with Gasteiger partial charge in [-0.15, -0.1) is 11.3 Å². The Morgan fingerprint density at radius 1 is 1.47 bits per heavy atom. The van der Waals surface area contributed by atoms with Gasteiger partial charge in [0.1, 0.15) is 0 Å². The molecule has 0 fully saturated rings. The molecule has 2 heterocycles. The van der Waals surface area contributed by atoms with Crippen LogP contribution in [0.3, 0.4) is 0 Å². The molecule has 19 heavy (non-hydrogen) atoms. The van der Waals surface area contributed by atoms with E-state index in [1.165, 1.54) is 19.5 Å². The number of nitrogens with one attached hydrogen (secondary N) is 1. The van der Waals surface area contributed by atoms with Gasteiger partial charge in [0.2, 0.25) is 5.88 Å². The number of amides is 1. The van der Waals surface area contributed by atoms with Crippen LogP contribution in [0.25, 0.3) is 0 Å². The summed E-state index contributed by atoms with van der Waals surface area (Å²) in [6.45, 7) is 1.82. The third-order valence-electron chi connectivity index (χ3n) is 2.26. The highest BCUT2D eigenvalue weighted by molar-refractivity contribution is 7.12. The molecule has 2 aromatic rings. The number of hydrogen-bond acceptors (Lipinski definition) is 6. The Morgan fingerprint density at radius 3 is 3.00 bits per heavy atom. The number of nitrogens with zero attached hydrogens (tertiary/aromatic N) is 3. The molecular formula is C12H12N4O2S. The van der Waals surface area contributed by atoms with Crippen LogP contribution in [-0.2, 0) is 0 Å². The second-order valence-corrected chi connectivity index (χ2v) is 4.51. The van der Waals surface area contributed by atoms with Crippen LogP contribution < -0.4 is 10.2 Å². The first kappa shape index (κ1) is 13.2. The van der Waals surface area contributed by atoms with Gasteiger partial charge in [-0.05, 0) is 18.4 Å². The minimum absolute atomic E-state index is 0.155. The number of aromatic nitrogens is 2. The molecule has 0 saturated heterocycles. The molecule has 0 aliphatic carbocycles. The molecule has 0 aliphatic heterocycles. The average molecular weight is 276 g/mol. The number of rotatable bonds is 4. The molecule has 98 valence electrons. The Morgan fingerprint density at radius 2 is 2.32 bits per heavy atom. The van der Waals surface area contributed by atoms with E-state index in [1.807, 2.05) is 24.4 Å². The van der Waals surface area contributed by atoms with Crippen molar-refractivity contribution in [1.82, 2.24) is 15.4 Å². The van der Waals surface area contributed by atoms with Crippen molar-refractivity contribution in [3.8, 4) is 5.88 Å². The Labute approximate surface area is 114 Å². The first-order valence-electron chi connectivity index (χ1n) is 5.45. The van der Waals surface area contributed by atoms with Crippen LogP contribution in [0.5, 0.6) is 5.88 Å². The van der Waals surface area contributed by atoms with E-state index in [0.717, 1.165) is 10.6 Å². The molecule has 2 aromatic heterocycles. The molecule has 0 aromatic carbocycles. The maximum absolute atomic E-state index is 11.8. The molecule has 0 radical (unpaired) electrons. The molecule has 6 nitrogen and oxygen atoms in total. The number of hydrogen-bond donors (Lipinski definition) is 1. The zero-order valence-corrected chi connectivity index (χ0v) is 11.3. The third kappa shape index (κ3) is 3.35. The van der Waals surface area contributed by atoms with Crippen molar-refractivity contribution >= 4 is 23.0 Å². The van der Waals surface area contributed by atoms with Crippen molar-refractivity contribution in [1.29, 1.82) is 0 Å². The minimum atomic E-state index is -0.428. The number of hydrazone groups is 1. The van der Waals surface area contributed by atoms with E-state index in [4.69, 9.17) is 4.74 Å². The normalized spacial score (nSPS) is 11.2. The lowest BCUT2D eigenvalue weighted by molar-refractivity contribution is 0.0948. The van der Waals surface area contributed by atoms with E-state index in [1.54, 1.807) is 11.3 Å². The lowest BCUT2D eigenvalue weighted by atomic mass is 10.3. The quantitative estimate of drug-likeness (QED) is 0.681. The second kappa shape index (κ2) is 6.05. The Hall–Kier alpha value is -2.28. The van der Waals surface area contributed by atoms with Crippen LogP contribution in [0.4, 0.5) is 0 Å². The Bertz CT molecular complexity index is 596. The molecule has 0 bridgehead atoms. The zero-order chi connectivity index (χ0) is 13.7. The molecule has 0 unspecified atom stereocenters. The number of methoxy groups -OCH3 is 1. The van der Waals surface area contributed by atoms with Gasteiger partial charge in [0, 0.05) is 4.88 Å². The van der Waals surface area contributed by atoms with Crippen molar-refractivity contribution in [3.05, 3.63) is 40.5 Å². The van der Waals surface area contributed by atoms with Gasteiger partial charge in [-0.25, -0.2) is 10.4 Å². The summed E-state index contributed by atoms with van der Waals surface area (Å²) in [5.41, 5.74) is 3.33. The summed E-state index contributed by atoms with van der Waals surface area (Å²) in [4.78, 5) is 20.6. The van der Waals surface area contributed by atoms with Crippen molar-refractivity contribution in [2.24, 2.45) is 5.10 Å². The summed E-state index contributed by atoms with van der Waals surface area (Å²) < 4.78 is 4.90. The van der Waals surface area contributed by atoms with E-state index in [2.05, 4.69) is 20.5 Å². The number of thiophene rings is 1. The van der Waals surface area contributed by atoms with Crippen LogP contribution >= 0.6 is 11.3 Å². The minimum Gasteiger partial charge on any atom is -0.480 e. The topological polar surface area (TPSA) is 76.5 Å². The molecule has 0 saturated carbocycles. The predicted molar refractivity (Wildman–Crippen MR) is 72.6 cm³/mol. The maximum Gasteiger partial charge on any atom is 0.291 e. The molecule has 0 atom stereocenters. The van der Waals surface area contributed by atoms with Crippen molar-refractivity contribution in [3.63, 3.8) is 0 Å². The molecule has 1 N–H and O–H groups in total. The Balaban J connectivity index is 2.07. The zero-order valence-electron chi connectivity index (χ0n) is 10.5. The Kier molecular flexibility index (Phi) is 4.19. The van der Waals surface area contributed by atoms with Crippen molar-refractivity contribution < 1.29 is 9.53 Å². The van der Waals surface area contributed by atoms with Gasteiger partial charge in [-0.2, -0.15) is 5.10 Å². The van der Waals surface area contributed by atoms with E-state index >= 15 is 0 Å². The molecule has 2 rings (SSSR count). The average Bonchev–Trinajstić information content (AvgIpc) is 2.98. The highest BCUT2D eigenvalue weighted by Gasteiger charge is 2.08. The van der Waals surface area contributed by atoms with Gasteiger partial charge in [-0.1, -0.05) is 6.07 Å². The fourth-order valence-corrected chi connectivity index (χ4v) is 1.96. The lowest BCUT2D eigenvalue weighted by Gasteiger charge is -2.02. The maximum atomic E-state index is 11.8. The van der Waals surface area contributed by atoms with E-state index in [0.29, 0.717) is 0 Å². The summed E-state index contributed by atoms with van der Waals surface area (Å²) in [6, 6.07) is 3.86. The SMILES string of the molecule is COc1cncc(C(=O)N/N=C(/C)c2cccs2)n1. The van der Waals surface area contributed by atoms with Gasteiger partial charge >= 0.3 is 0 Å². The number of carbonyl (C=O) groups is 1. The molecule has 1 amide bonds. The molecule has 7 heteroatoms. The number of ether oxygens (including phenoxy) is 1. The van der Waals surface area contributed by atoms with Crippen molar-refractivity contribution in [2.45, 2.75) is 6.92 Å². The summed E-state index contributed by atoms with van der Waals surface area (Å²) in [5, 5.41) is 5.97. The molecule has 0 spiro atoms. The highest BCUT2D eigenvalue weighted by atomic mass is 32.1. The van der Waals surface area contributed by atoms with Crippen LogP contribution in [-0.4, -0.2) is 28.7 Å². The van der Waals surface area contributed by atoms with Crippen LogP contribution in [0.15, 0.2) is 35.0 Å². The summed E-state index contributed by atoms with van der Waals surface area (Å²) >= 11 is 1.55. The van der Waals surface area contributed by atoms with Crippen LogP contribution in [0.1, 0.15) is 22.3 Å². The number of carbonyl (C=O) groups excluding carboxylic acids is 1. The standard InChI is InChI=1S/C12H12N4O2S/c1-8(10-4-3-5-19-10)15-16-12(17)9-6-13-7-11(14-9)18-2/h3-7H,1-2H3,(H,16,17)/b15-8-. The van der Waals surface area contributed by atoms with Gasteiger partial charge in [0.15, 0.2) is 5.69 Å². The first-order chi connectivity index (χ1) is 9.20. The van der Waals surface area contributed by atoms with E-state index in [9.17, 15) is 4.79 Å². The van der Waals surface area contributed by atoms with Crippen LogP contribution in [0.2, 0.25) is 0 Å². The monoisotopic (exact) mass is 276 g/mol. The largest absolute Gasteiger partial charge is 0.480 e. The second-order valence-electron chi connectivity index (χ2n) is 3.56. The van der Waals surface area contributed by atoms with Crippen LogP contribution in [0, 0.1) is 0 Å². The highest BCUT2D eigenvalue weighted by Crippen LogP contribution is 2.09. The third-order valence-corrected chi connectivity index (χ3v) is 3.24. The smallest absolute Gasteiger partial charge is 0.291 e. The summed E-state index contributed by atoms with van der Waals surface area (Å²) in [7, 11) is 1.46. The van der Waals surface area contributed by atoms with Gasteiger partial charge in [-0.3, -0.25) is 9.78 Å². The van der Waals surface area contributed by atoms with E-state index < -0.39 is 5.91 Å². The predicted octanol–water partition coefficient (Wildman–Crippen LogP) is 1.70. The lowest BCUT2D eigenvalue weighted by Crippen LogP contribution is -2.20. The fraction of sp³-hybridized carbons (Fsp3) is 0.167. The summed E-state index contributed by atoms with van der Waals surface area (Å²) in [5.74, 6) is -0.145. The van der Waals surface area contributed by atoms with Gasteiger partial charge in [0.25, 0.3) is 5.91 Å². The van der Waals surface area contributed by atoms with Gasteiger partial charge in [0.05, 0.1) is 25.2 Å².